The third-order valence-electron chi connectivity index (χ3n) is 3.46. The third-order valence-corrected chi connectivity index (χ3v) is 3.46. The summed E-state index contributed by atoms with van der Waals surface area (Å²) >= 11 is 0. The molecule has 2 heterocycles. The maximum Gasteiger partial charge on any atom is 0.325 e. The molecule has 0 saturated carbocycles. The van der Waals surface area contributed by atoms with E-state index >= 15 is 0 Å². The number of nitrogens with one attached hydrogen (secondary N) is 2. The topological polar surface area (TPSA) is 74.6 Å². The first kappa shape index (κ1) is 13.5. The summed E-state index contributed by atoms with van der Waals surface area (Å²) in [6.07, 6.45) is 0.579. The Morgan fingerprint density at radius 2 is 2.29 bits per heavy atom. The highest BCUT2D eigenvalue weighted by Gasteiger charge is 2.26. The molecule has 2 N–H and O–H groups in total. The van der Waals surface area contributed by atoms with Crippen molar-refractivity contribution in [1.82, 2.24) is 15.5 Å². The average Bonchev–Trinajstić information content (AvgIpc) is 3.03. The van der Waals surface area contributed by atoms with Crippen LogP contribution in [0.25, 0.3) is 11.0 Å². The number of urea groups is 2. The highest BCUT2D eigenvalue weighted by Crippen LogP contribution is 2.19. The molecule has 0 radical (unpaired) electrons. The standard InChI is InChI=1S/C15H17N3O3/c1-10(17-15(20)18-7-6-16-14(18)19)8-12-9-11-4-2-3-5-13(11)21-12/h2-5,9-10H,6-8H2,1H3,(H,16,19)(H,17,20)/t10-/m1/s1. The van der Waals surface area contributed by atoms with Crippen molar-refractivity contribution in [3.05, 3.63) is 36.1 Å². The first-order valence-corrected chi connectivity index (χ1v) is 6.97. The summed E-state index contributed by atoms with van der Waals surface area (Å²) in [6, 6.07) is 8.92. The van der Waals surface area contributed by atoms with Crippen molar-refractivity contribution in [3.63, 3.8) is 0 Å². The fourth-order valence-corrected chi connectivity index (χ4v) is 2.44. The van der Waals surface area contributed by atoms with Crippen molar-refractivity contribution in [1.29, 1.82) is 0 Å². The van der Waals surface area contributed by atoms with Gasteiger partial charge >= 0.3 is 12.1 Å². The van der Waals surface area contributed by atoms with Crippen LogP contribution in [0.4, 0.5) is 9.59 Å². The van der Waals surface area contributed by atoms with Crippen molar-refractivity contribution in [2.45, 2.75) is 19.4 Å². The monoisotopic (exact) mass is 287 g/mol. The number of para-hydroxylation sites is 1. The van der Waals surface area contributed by atoms with E-state index in [1.54, 1.807) is 0 Å². The maximum absolute atomic E-state index is 12.0. The fraction of sp³-hybridized carbons (Fsp3) is 0.333. The minimum Gasteiger partial charge on any atom is -0.461 e. The zero-order valence-electron chi connectivity index (χ0n) is 11.8. The van der Waals surface area contributed by atoms with Gasteiger partial charge in [0, 0.05) is 30.9 Å². The van der Waals surface area contributed by atoms with Gasteiger partial charge in [-0.15, -0.1) is 0 Å². The number of rotatable bonds is 3. The highest BCUT2D eigenvalue weighted by atomic mass is 16.3. The molecule has 1 aliphatic rings. The summed E-state index contributed by atoms with van der Waals surface area (Å²) in [5.74, 6) is 0.815. The Kier molecular flexibility index (Phi) is 3.51. The van der Waals surface area contributed by atoms with Crippen LogP contribution in [0.1, 0.15) is 12.7 Å². The van der Waals surface area contributed by atoms with E-state index in [2.05, 4.69) is 10.6 Å². The Labute approximate surface area is 122 Å². The van der Waals surface area contributed by atoms with E-state index < -0.39 is 0 Å². The average molecular weight is 287 g/mol. The second kappa shape index (κ2) is 5.47. The van der Waals surface area contributed by atoms with Crippen molar-refractivity contribution in [3.8, 4) is 0 Å². The molecule has 0 spiro atoms. The molecule has 0 unspecified atom stereocenters. The molecule has 0 bridgehead atoms. The van der Waals surface area contributed by atoms with E-state index in [1.807, 2.05) is 37.3 Å². The second-order valence-corrected chi connectivity index (χ2v) is 5.19. The quantitative estimate of drug-likeness (QED) is 0.907. The lowest BCUT2D eigenvalue weighted by Crippen LogP contribution is -2.45. The predicted octanol–water partition coefficient (Wildman–Crippen LogP) is 2.10. The van der Waals surface area contributed by atoms with E-state index in [-0.39, 0.29) is 18.1 Å². The minimum atomic E-state index is -0.367. The number of carbonyl (C=O) groups is 2. The molecule has 1 saturated heterocycles. The number of amides is 4. The first-order chi connectivity index (χ1) is 10.1. The number of hydrogen-bond donors (Lipinski definition) is 2. The van der Waals surface area contributed by atoms with Crippen LogP contribution in [0.5, 0.6) is 0 Å². The lowest BCUT2D eigenvalue weighted by Gasteiger charge is -2.17. The molecule has 6 heteroatoms. The molecule has 6 nitrogen and oxygen atoms in total. The second-order valence-electron chi connectivity index (χ2n) is 5.19. The molecule has 1 fully saturated rings. The third kappa shape index (κ3) is 2.84. The first-order valence-electron chi connectivity index (χ1n) is 6.97. The van der Waals surface area contributed by atoms with Crippen LogP contribution in [-0.4, -0.2) is 36.1 Å². The van der Waals surface area contributed by atoms with Crippen LogP contribution < -0.4 is 10.6 Å². The Morgan fingerprint density at radius 3 is 3.00 bits per heavy atom. The van der Waals surface area contributed by atoms with Gasteiger partial charge in [0.2, 0.25) is 0 Å². The van der Waals surface area contributed by atoms with Crippen LogP contribution in [0.15, 0.2) is 34.7 Å². The molecule has 1 aromatic carbocycles. The largest absolute Gasteiger partial charge is 0.461 e. The van der Waals surface area contributed by atoms with E-state index in [0.29, 0.717) is 19.5 Å². The van der Waals surface area contributed by atoms with Gasteiger partial charge in [0.15, 0.2) is 0 Å². The summed E-state index contributed by atoms with van der Waals surface area (Å²) in [5.41, 5.74) is 0.838. The van der Waals surface area contributed by atoms with Crippen LogP contribution in [0, 0.1) is 0 Å². The Balaban J connectivity index is 1.62. The smallest absolute Gasteiger partial charge is 0.325 e. The van der Waals surface area contributed by atoms with Gasteiger partial charge in [-0.05, 0) is 19.1 Å². The van der Waals surface area contributed by atoms with Crippen molar-refractivity contribution in [2.75, 3.05) is 13.1 Å². The Morgan fingerprint density at radius 1 is 1.48 bits per heavy atom. The zero-order valence-corrected chi connectivity index (χ0v) is 11.8. The number of hydrogen-bond acceptors (Lipinski definition) is 3. The number of fused-ring (bicyclic) bond motifs is 1. The molecule has 1 atom stereocenters. The SMILES string of the molecule is C[C@H](Cc1cc2ccccc2o1)NC(=O)N1CCNC1=O. The number of carbonyl (C=O) groups excluding carboxylic acids is 2. The van der Waals surface area contributed by atoms with E-state index in [4.69, 9.17) is 4.42 Å². The number of benzene rings is 1. The van der Waals surface area contributed by atoms with E-state index in [1.165, 1.54) is 4.90 Å². The lowest BCUT2D eigenvalue weighted by molar-refractivity contribution is 0.196. The summed E-state index contributed by atoms with van der Waals surface area (Å²) in [5, 5.41) is 6.46. The normalized spacial score (nSPS) is 16.0. The summed E-state index contributed by atoms with van der Waals surface area (Å²) in [4.78, 5) is 24.5. The molecule has 110 valence electrons. The molecule has 2 aromatic rings. The maximum atomic E-state index is 12.0. The summed E-state index contributed by atoms with van der Waals surface area (Å²) in [6.45, 7) is 2.80. The molecule has 1 aliphatic heterocycles. The van der Waals surface area contributed by atoms with E-state index in [9.17, 15) is 9.59 Å². The van der Waals surface area contributed by atoms with Gasteiger partial charge in [0.1, 0.15) is 11.3 Å². The van der Waals surface area contributed by atoms with Gasteiger partial charge in [0.25, 0.3) is 0 Å². The molecular weight excluding hydrogens is 270 g/mol. The minimum absolute atomic E-state index is 0.119. The van der Waals surface area contributed by atoms with Gasteiger partial charge < -0.3 is 15.1 Å². The van der Waals surface area contributed by atoms with Gasteiger partial charge in [-0.25, -0.2) is 14.5 Å². The van der Waals surface area contributed by atoms with Crippen molar-refractivity contribution < 1.29 is 14.0 Å². The van der Waals surface area contributed by atoms with Crippen LogP contribution in [0.3, 0.4) is 0 Å². The van der Waals surface area contributed by atoms with Crippen LogP contribution in [0.2, 0.25) is 0 Å². The van der Waals surface area contributed by atoms with Gasteiger partial charge in [-0.2, -0.15) is 0 Å². The molecule has 3 rings (SSSR count). The fourth-order valence-electron chi connectivity index (χ4n) is 2.44. The Hall–Kier alpha value is -2.50. The zero-order chi connectivity index (χ0) is 14.8. The highest BCUT2D eigenvalue weighted by molar-refractivity contribution is 5.95. The Bertz CT molecular complexity index is 647. The molecule has 0 aliphatic carbocycles. The molecule has 4 amide bonds. The molecule has 21 heavy (non-hydrogen) atoms. The van der Waals surface area contributed by atoms with Gasteiger partial charge in [-0.3, -0.25) is 0 Å². The number of furan rings is 1. The van der Waals surface area contributed by atoms with Gasteiger partial charge in [-0.1, -0.05) is 18.2 Å². The summed E-state index contributed by atoms with van der Waals surface area (Å²) in [7, 11) is 0. The van der Waals surface area contributed by atoms with Crippen molar-refractivity contribution in [2.24, 2.45) is 0 Å². The van der Waals surface area contributed by atoms with Gasteiger partial charge in [0.05, 0.1) is 0 Å². The molecular formula is C15H17N3O3. The van der Waals surface area contributed by atoms with Crippen LogP contribution in [-0.2, 0) is 6.42 Å². The van der Waals surface area contributed by atoms with Crippen LogP contribution >= 0.6 is 0 Å². The van der Waals surface area contributed by atoms with Crippen molar-refractivity contribution >= 4 is 23.0 Å². The predicted molar refractivity (Wildman–Crippen MR) is 78.0 cm³/mol. The number of imide groups is 1. The summed E-state index contributed by atoms with van der Waals surface area (Å²) < 4.78 is 5.72. The lowest BCUT2D eigenvalue weighted by atomic mass is 10.2. The van der Waals surface area contributed by atoms with E-state index in [0.717, 1.165) is 16.7 Å². The number of nitrogens with zero attached hydrogens (tertiary/aromatic N) is 1. The molecule has 1 aromatic heterocycles.